The summed E-state index contributed by atoms with van der Waals surface area (Å²) in [6.45, 7) is 0.991. The number of rotatable bonds is 2. The zero-order valence-corrected chi connectivity index (χ0v) is 4.20. The van der Waals surface area contributed by atoms with Crippen LogP contribution in [0.4, 0.5) is 0 Å². The maximum Gasteiger partial charge on any atom is 0.324 e. The van der Waals surface area contributed by atoms with Crippen LogP contribution in [0.1, 0.15) is 6.92 Å². The van der Waals surface area contributed by atoms with Gasteiger partial charge in [-0.3, -0.25) is 14.8 Å². The van der Waals surface area contributed by atoms with E-state index in [1.165, 1.54) is 0 Å². The first-order valence-corrected chi connectivity index (χ1v) is 1.78. The fourth-order valence-electron chi connectivity index (χ4n) is 0.115. The summed E-state index contributed by atoms with van der Waals surface area (Å²) in [4.78, 5) is 22.9. The van der Waals surface area contributed by atoms with Crippen molar-refractivity contribution in [3.05, 3.63) is 0 Å². The molecular formula is C3H5NO4. The van der Waals surface area contributed by atoms with Crippen LogP contribution in [-0.2, 0) is 14.4 Å². The van der Waals surface area contributed by atoms with E-state index in [4.69, 9.17) is 5.21 Å². The molecule has 0 radical (unpaired) electrons. The van der Waals surface area contributed by atoms with Crippen molar-refractivity contribution in [2.75, 3.05) is 0 Å². The summed E-state index contributed by atoms with van der Waals surface area (Å²) in [6, 6.07) is 0. The molecule has 8 heavy (non-hydrogen) atoms. The third-order valence-corrected chi connectivity index (χ3v) is 0.412. The van der Waals surface area contributed by atoms with Gasteiger partial charge in [-0.25, -0.2) is 0 Å². The first kappa shape index (κ1) is 6.90. The van der Waals surface area contributed by atoms with Gasteiger partial charge in [0.05, 0.1) is 0 Å². The van der Waals surface area contributed by atoms with Crippen molar-refractivity contribution >= 4 is 12.4 Å². The second-order valence-electron chi connectivity index (χ2n) is 0.994. The first-order chi connectivity index (χ1) is 3.68. The number of carbonyl (C=O) groups is 2. The van der Waals surface area contributed by atoms with Gasteiger partial charge in [0, 0.05) is 6.92 Å². The molecule has 0 aliphatic heterocycles. The van der Waals surface area contributed by atoms with Crippen LogP contribution < -0.4 is 0 Å². The molecule has 5 nitrogen and oxygen atoms in total. The van der Waals surface area contributed by atoms with Crippen LogP contribution in [0.5, 0.6) is 0 Å². The third-order valence-electron chi connectivity index (χ3n) is 0.412. The van der Waals surface area contributed by atoms with E-state index in [0.29, 0.717) is 0 Å². The van der Waals surface area contributed by atoms with Crippen LogP contribution >= 0.6 is 0 Å². The summed E-state index contributed by atoms with van der Waals surface area (Å²) in [7, 11) is 0. The zero-order chi connectivity index (χ0) is 6.57. The lowest BCUT2D eigenvalue weighted by Crippen LogP contribution is -2.23. The highest BCUT2D eigenvalue weighted by molar-refractivity contribution is 5.71. The Kier molecular flexibility index (Phi) is 2.57. The smallest absolute Gasteiger partial charge is 0.316 e. The van der Waals surface area contributed by atoms with E-state index in [1.807, 2.05) is 0 Å². The molecule has 0 aliphatic rings. The third kappa shape index (κ3) is 2.14. The van der Waals surface area contributed by atoms with Crippen molar-refractivity contribution in [3.63, 3.8) is 0 Å². The maximum atomic E-state index is 9.93. The van der Waals surface area contributed by atoms with Gasteiger partial charge in [-0.2, -0.15) is 0 Å². The van der Waals surface area contributed by atoms with Crippen LogP contribution in [0, 0.1) is 0 Å². The van der Waals surface area contributed by atoms with Crippen molar-refractivity contribution < 1.29 is 19.6 Å². The van der Waals surface area contributed by atoms with Gasteiger partial charge in [-0.05, 0) is 5.23 Å². The highest BCUT2D eigenvalue weighted by Gasteiger charge is 2.01. The van der Waals surface area contributed by atoms with Gasteiger partial charge in [-0.15, -0.1) is 0 Å². The normalized spacial score (nSPS) is 7.75. The number of hydrogen-bond acceptors (Lipinski definition) is 4. The second kappa shape index (κ2) is 2.98. The molecule has 0 saturated heterocycles. The van der Waals surface area contributed by atoms with Crippen molar-refractivity contribution in [1.29, 1.82) is 0 Å². The molecule has 0 fully saturated rings. The molecule has 0 spiro atoms. The number of amides is 1. The summed E-state index contributed by atoms with van der Waals surface area (Å²) in [6.07, 6.45) is 0. The lowest BCUT2D eigenvalue weighted by atomic mass is 10.8. The second-order valence-corrected chi connectivity index (χ2v) is 0.994. The largest absolute Gasteiger partial charge is 0.324 e. The molecule has 0 atom stereocenters. The van der Waals surface area contributed by atoms with Gasteiger partial charge in [0.2, 0.25) is 0 Å². The van der Waals surface area contributed by atoms with E-state index in [9.17, 15) is 9.59 Å². The molecule has 0 aliphatic carbocycles. The molecule has 0 aromatic rings. The number of hydroxylamine groups is 2. The monoisotopic (exact) mass is 119 g/mol. The molecule has 5 heteroatoms. The quantitative estimate of drug-likeness (QED) is 0.297. The van der Waals surface area contributed by atoms with Gasteiger partial charge in [0.15, 0.2) is 0 Å². The van der Waals surface area contributed by atoms with Crippen molar-refractivity contribution in [2.24, 2.45) is 0 Å². The van der Waals surface area contributed by atoms with Gasteiger partial charge >= 0.3 is 6.47 Å². The Morgan fingerprint density at radius 1 is 1.88 bits per heavy atom. The molecule has 0 saturated carbocycles. The van der Waals surface area contributed by atoms with Gasteiger partial charge < -0.3 is 4.84 Å². The molecule has 1 amide bonds. The Labute approximate surface area is 45.4 Å². The molecule has 0 aromatic carbocycles. The van der Waals surface area contributed by atoms with Crippen LogP contribution in [-0.4, -0.2) is 22.8 Å². The fourth-order valence-corrected chi connectivity index (χ4v) is 0.115. The predicted octanol–water partition coefficient (Wildman–Crippen LogP) is -0.688. The summed E-state index contributed by atoms with van der Waals surface area (Å²) in [5.74, 6) is -0.753. The molecule has 0 rings (SSSR count). The highest BCUT2D eigenvalue weighted by atomic mass is 16.9. The molecule has 0 unspecified atom stereocenters. The Morgan fingerprint density at radius 2 is 2.38 bits per heavy atom. The van der Waals surface area contributed by atoms with E-state index in [-0.39, 0.29) is 11.7 Å². The predicted molar refractivity (Wildman–Crippen MR) is 21.5 cm³/mol. The summed E-state index contributed by atoms with van der Waals surface area (Å²) >= 11 is 0. The van der Waals surface area contributed by atoms with E-state index in [0.717, 1.165) is 6.92 Å². The van der Waals surface area contributed by atoms with Crippen LogP contribution in [0.3, 0.4) is 0 Å². The van der Waals surface area contributed by atoms with Gasteiger partial charge in [-0.1, -0.05) is 0 Å². The van der Waals surface area contributed by atoms with E-state index >= 15 is 0 Å². The zero-order valence-electron chi connectivity index (χ0n) is 4.20. The highest BCUT2D eigenvalue weighted by Crippen LogP contribution is 1.78. The van der Waals surface area contributed by atoms with E-state index in [2.05, 4.69) is 4.84 Å². The number of hydrogen-bond donors (Lipinski definition) is 1. The van der Waals surface area contributed by atoms with Crippen LogP contribution in [0.2, 0.25) is 0 Å². The molecule has 0 heterocycles. The SMILES string of the molecule is CC(=O)N(O)OC=O. The Hall–Kier alpha value is -1.10. The minimum absolute atomic E-state index is 0.0542. The van der Waals surface area contributed by atoms with Gasteiger partial charge in [0.1, 0.15) is 0 Å². The van der Waals surface area contributed by atoms with Crippen molar-refractivity contribution in [3.8, 4) is 0 Å². The average Bonchev–Trinajstić information content (AvgIpc) is 1.67. The van der Waals surface area contributed by atoms with Gasteiger partial charge in [0.25, 0.3) is 5.91 Å². The average molecular weight is 119 g/mol. The van der Waals surface area contributed by atoms with Crippen LogP contribution in [0.15, 0.2) is 0 Å². The van der Waals surface area contributed by atoms with Crippen molar-refractivity contribution in [2.45, 2.75) is 6.92 Å². The molecule has 1 N–H and O–H groups in total. The minimum atomic E-state index is -0.753. The molecule has 0 bridgehead atoms. The fraction of sp³-hybridized carbons (Fsp3) is 0.333. The maximum absolute atomic E-state index is 9.93. The summed E-state index contributed by atoms with van der Waals surface area (Å²) in [5, 5.41) is 8.00. The van der Waals surface area contributed by atoms with Crippen LogP contribution in [0.25, 0.3) is 0 Å². The lowest BCUT2D eigenvalue weighted by Gasteiger charge is -2.04. The number of carbonyl (C=O) groups excluding carboxylic acids is 2. The standard InChI is InChI=1S/C3H5NO4/c1-3(6)4(7)8-2-5/h2,7H,1H3. The molecule has 46 valence electrons. The summed E-state index contributed by atoms with van der Waals surface area (Å²) in [5.41, 5.74) is 0. The first-order valence-electron chi connectivity index (χ1n) is 1.78. The van der Waals surface area contributed by atoms with Crippen molar-refractivity contribution in [1.82, 2.24) is 5.23 Å². The Balaban J connectivity index is 3.46. The molecular weight excluding hydrogens is 114 g/mol. The summed E-state index contributed by atoms with van der Waals surface area (Å²) < 4.78 is 0. The Morgan fingerprint density at radius 3 is 2.50 bits per heavy atom. The minimum Gasteiger partial charge on any atom is -0.316 e. The van der Waals surface area contributed by atoms with E-state index in [1.54, 1.807) is 0 Å². The Bertz CT molecular complexity index is 101. The number of nitrogens with zero attached hydrogens (tertiary/aromatic N) is 1. The topological polar surface area (TPSA) is 66.8 Å². The molecule has 0 aromatic heterocycles. The lowest BCUT2D eigenvalue weighted by molar-refractivity contribution is -0.288. The van der Waals surface area contributed by atoms with E-state index < -0.39 is 5.91 Å².